The van der Waals surface area contributed by atoms with Gasteiger partial charge in [-0.1, -0.05) is 24.3 Å². The second kappa shape index (κ2) is 7.41. The van der Waals surface area contributed by atoms with Crippen LogP contribution in [0.5, 0.6) is 5.75 Å². The molecule has 1 fully saturated rings. The maximum atomic E-state index is 12.5. The predicted octanol–water partition coefficient (Wildman–Crippen LogP) is 2.96. The number of ether oxygens (including phenoxy) is 1. The van der Waals surface area contributed by atoms with E-state index in [4.69, 9.17) is 4.74 Å². The van der Waals surface area contributed by atoms with Crippen molar-refractivity contribution in [3.05, 3.63) is 48.3 Å². The molecule has 0 bridgehead atoms. The molecular formula is C18H19F3N2O2. The molecular weight excluding hydrogens is 333 g/mol. The minimum atomic E-state index is -4.62. The van der Waals surface area contributed by atoms with Crippen LogP contribution < -0.4 is 10.1 Å². The molecule has 1 aliphatic rings. The number of nitrogens with zero attached hydrogens (tertiary/aromatic N) is 1. The van der Waals surface area contributed by atoms with Gasteiger partial charge in [-0.3, -0.25) is 4.98 Å². The zero-order chi connectivity index (χ0) is 17.9. The van der Waals surface area contributed by atoms with Gasteiger partial charge in [0.2, 0.25) is 0 Å². The highest BCUT2D eigenvalue weighted by Crippen LogP contribution is 2.27. The number of hydrogen-bond acceptors (Lipinski definition) is 4. The molecule has 2 heterocycles. The lowest BCUT2D eigenvalue weighted by atomic mass is 10.0. The highest BCUT2D eigenvalue weighted by Gasteiger charge is 2.37. The molecule has 134 valence electrons. The summed E-state index contributed by atoms with van der Waals surface area (Å²) in [4.78, 5) is 4.14. The summed E-state index contributed by atoms with van der Waals surface area (Å²) in [5.41, 5.74) is 1.89. The van der Waals surface area contributed by atoms with Crippen LogP contribution in [0.3, 0.4) is 0 Å². The van der Waals surface area contributed by atoms with Crippen LogP contribution in [0.2, 0.25) is 0 Å². The number of aromatic nitrogens is 1. The van der Waals surface area contributed by atoms with Gasteiger partial charge >= 0.3 is 6.18 Å². The second-order valence-corrected chi connectivity index (χ2v) is 6.12. The molecule has 4 nitrogen and oxygen atoms in total. The van der Waals surface area contributed by atoms with Crippen molar-refractivity contribution in [1.82, 2.24) is 10.3 Å². The average Bonchev–Trinajstić information content (AvgIpc) is 2.53. The van der Waals surface area contributed by atoms with Gasteiger partial charge < -0.3 is 15.2 Å². The predicted molar refractivity (Wildman–Crippen MR) is 87.3 cm³/mol. The van der Waals surface area contributed by atoms with E-state index in [-0.39, 0.29) is 0 Å². The van der Waals surface area contributed by atoms with E-state index in [1.54, 1.807) is 36.7 Å². The van der Waals surface area contributed by atoms with Gasteiger partial charge in [-0.2, -0.15) is 13.2 Å². The van der Waals surface area contributed by atoms with Crippen molar-refractivity contribution in [2.75, 3.05) is 13.2 Å². The van der Waals surface area contributed by atoms with Crippen LogP contribution in [0.4, 0.5) is 13.2 Å². The fraction of sp³-hybridized carbons (Fsp3) is 0.389. The van der Waals surface area contributed by atoms with Crippen molar-refractivity contribution >= 4 is 0 Å². The summed E-state index contributed by atoms with van der Waals surface area (Å²) in [5.74, 6) is 0.618. The number of aliphatic hydroxyl groups is 1. The lowest BCUT2D eigenvalue weighted by Crippen LogP contribution is -2.46. The number of benzene rings is 1. The Morgan fingerprint density at radius 2 is 2.04 bits per heavy atom. The minimum absolute atomic E-state index is 0.357. The Morgan fingerprint density at radius 1 is 1.24 bits per heavy atom. The normalized spacial score (nSPS) is 18.5. The molecule has 1 aromatic heterocycles. The van der Waals surface area contributed by atoms with Gasteiger partial charge in [-0.25, -0.2) is 0 Å². The van der Waals surface area contributed by atoms with Crippen molar-refractivity contribution < 1.29 is 23.0 Å². The Morgan fingerprint density at radius 3 is 2.72 bits per heavy atom. The van der Waals surface area contributed by atoms with E-state index >= 15 is 0 Å². The van der Waals surface area contributed by atoms with Gasteiger partial charge in [0.1, 0.15) is 12.4 Å². The number of hydrogen-bond donors (Lipinski definition) is 2. The SMILES string of the molecule is O[C@@H](Cc1cccc(-c2cncc(OC[C@@H]3CCN3)c2)c1)C(F)(F)F. The Kier molecular flexibility index (Phi) is 5.24. The van der Waals surface area contributed by atoms with Crippen LogP contribution in [0.25, 0.3) is 11.1 Å². The highest BCUT2D eigenvalue weighted by molar-refractivity contribution is 5.64. The van der Waals surface area contributed by atoms with Crippen molar-refractivity contribution in [3.8, 4) is 16.9 Å². The molecule has 1 aliphatic heterocycles. The summed E-state index contributed by atoms with van der Waals surface area (Å²) in [6.07, 6.45) is -3.15. The first-order valence-electron chi connectivity index (χ1n) is 8.07. The molecule has 0 unspecified atom stereocenters. The van der Waals surface area contributed by atoms with Gasteiger partial charge in [0, 0.05) is 24.2 Å². The third kappa shape index (κ3) is 4.70. The molecule has 25 heavy (non-hydrogen) atoms. The zero-order valence-corrected chi connectivity index (χ0v) is 13.5. The average molecular weight is 352 g/mol. The maximum absolute atomic E-state index is 12.5. The van der Waals surface area contributed by atoms with Gasteiger partial charge in [-0.05, 0) is 30.2 Å². The first-order chi connectivity index (χ1) is 11.9. The number of halogens is 3. The highest BCUT2D eigenvalue weighted by atomic mass is 19.4. The van der Waals surface area contributed by atoms with Crippen LogP contribution in [0.15, 0.2) is 42.7 Å². The van der Waals surface area contributed by atoms with E-state index in [0.29, 0.717) is 24.0 Å². The molecule has 0 amide bonds. The number of rotatable bonds is 6. The van der Waals surface area contributed by atoms with Crippen LogP contribution in [-0.4, -0.2) is 41.6 Å². The topological polar surface area (TPSA) is 54.4 Å². The van der Waals surface area contributed by atoms with E-state index < -0.39 is 18.7 Å². The second-order valence-electron chi connectivity index (χ2n) is 6.12. The number of alkyl halides is 3. The van der Waals surface area contributed by atoms with Gasteiger partial charge in [0.15, 0.2) is 6.10 Å². The number of nitrogens with one attached hydrogen (secondary N) is 1. The molecule has 1 saturated heterocycles. The first kappa shape index (κ1) is 17.7. The Balaban J connectivity index is 1.71. The molecule has 0 spiro atoms. The van der Waals surface area contributed by atoms with Gasteiger partial charge in [0.25, 0.3) is 0 Å². The Labute approximate surface area is 143 Å². The summed E-state index contributed by atoms with van der Waals surface area (Å²) in [7, 11) is 0. The third-order valence-electron chi connectivity index (χ3n) is 4.16. The number of aliphatic hydroxyl groups excluding tert-OH is 1. The summed E-state index contributed by atoms with van der Waals surface area (Å²) >= 11 is 0. The van der Waals surface area contributed by atoms with E-state index in [1.807, 2.05) is 6.07 Å². The summed E-state index contributed by atoms with van der Waals surface area (Å²) in [6.45, 7) is 1.56. The van der Waals surface area contributed by atoms with Gasteiger partial charge in [0.05, 0.1) is 6.20 Å². The first-order valence-corrected chi connectivity index (χ1v) is 8.07. The van der Waals surface area contributed by atoms with Crippen LogP contribution in [-0.2, 0) is 6.42 Å². The Bertz CT molecular complexity index is 717. The molecule has 3 rings (SSSR count). The van der Waals surface area contributed by atoms with Crippen LogP contribution in [0.1, 0.15) is 12.0 Å². The molecule has 1 aromatic carbocycles. The quantitative estimate of drug-likeness (QED) is 0.839. The van der Waals surface area contributed by atoms with E-state index in [1.165, 1.54) is 0 Å². The van der Waals surface area contributed by atoms with Crippen LogP contribution >= 0.6 is 0 Å². The van der Waals surface area contributed by atoms with Gasteiger partial charge in [-0.15, -0.1) is 0 Å². The van der Waals surface area contributed by atoms with Crippen molar-refractivity contribution in [1.29, 1.82) is 0 Å². The Hall–Kier alpha value is -2.12. The number of pyridine rings is 1. The summed E-state index contributed by atoms with van der Waals surface area (Å²) in [5, 5.41) is 12.5. The minimum Gasteiger partial charge on any atom is -0.490 e. The van der Waals surface area contributed by atoms with Crippen LogP contribution in [0, 0.1) is 0 Å². The summed E-state index contributed by atoms with van der Waals surface area (Å²) < 4.78 is 43.2. The molecule has 2 atom stereocenters. The lowest BCUT2D eigenvalue weighted by molar-refractivity contribution is -0.203. The van der Waals surface area contributed by atoms with E-state index in [9.17, 15) is 18.3 Å². The maximum Gasteiger partial charge on any atom is 0.414 e. The van der Waals surface area contributed by atoms with Crippen molar-refractivity contribution in [3.63, 3.8) is 0 Å². The molecule has 0 radical (unpaired) electrons. The van der Waals surface area contributed by atoms with E-state index in [2.05, 4.69) is 10.3 Å². The van der Waals surface area contributed by atoms with E-state index in [0.717, 1.165) is 24.1 Å². The molecule has 2 N–H and O–H groups in total. The molecule has 0 aliphatic carbocycles. The third-order valence-corrected chi connectivity index (χ3v) is 4.16. The standard InChI is InChI=1S/C18H19F3N2O2/c19-18(20,21)17(24)7-12-2-1-3-13(6-12)14-8-16(10-22-9-14)25-11-15-4-5-23-15/h1-3,6,8-10,15,17,23-24H,4-5,7,11H2/t15-,17-/m0/s1. The largest absolute Gasteiger partial charge is 0.490 e. The fourth-order valence-electron chi connectivity index (χ4n) is 2.56. The van der Waals surface area contributed by atoms with Crippen molar-refractivity contribution in [2.45, 2.75) is 31.2 Å². The smallest absolute Gasteiger partial charge is 0.414 e. The molecule has 2 aromatic rings. The summed E-state index contributed by atoms with van der Waals surface area (Å²) in [6, 6.07) is 8.82. The monoisotopic (exact) mass is 352 g/mol. The molecule has 7 heteroatoms. The lowest BCUT2D eigenvalue weighted by Gasteiger charge is -2.27. The molecule has 0 saturated carbocycles. The fourth-order valence-corrected chi connectivity index (χ4v) is 2.56. The zero-order valence-electron chi connectivity index (χ0n) is 13.5. The van der Waals surface area contributed by atoms with Crippen molar-refractivity contribution in [2.24, 2.45) is 0 Å².